The predicted molar refractivity (Wildman–Crippen MR) is 257 cm³/mol. The molecule has 1 unspecified atom stereocenters. The zero-order valence-electron chi connectivity index (χ0n) is 38.6. The highest BCUT2D eigenvalue weighted by atomic mass is 16.7. The van der Waals surface area contributed by atoms with E-state index in [0.717, 1.165) is 62.0 Å². The Bertz CT molecular complexity index is 2010. The molecule has 0 fully saturated rings. The summed E-state index contributed by atoms with van der Waals surface area (Å²) >= 11 is 0. The molecule has 0 saturated carbocycles. The van der Waals surface area contributed by atoms with Crippen molar-refractivity contribution in [2.24, 2.45) is 11.5 Å². The molecule has 4 aromatic rings. The normalized spacial score (nSPS) is 14.4. The molecule has 1 heterocycles. The van der Waals surface area contributed by atoms with Crippen molar-refractivity contribution in [2.45, 2.75) is 87.2 Å². The lowest BCUT2D eigenvalue weighted by atomic mass is 9.85. The van der Waals surface area contributed by atoms with E-state index in [1.807, 2.05) is 152 Å². The van der Waals surface area contributed by atoms with E-state index in [9.17, 15) is 0 Å². The maximum absolute atomic E-state index is 7.60. The molecule has 0 amide bonds. The summed E-state index contributed by atoms with van der Waals surface area (Å²) in [6, 6.07) is 32.1. The van der Waals surface area contributed by atoms with Gasteiger partial charge in [-0.05, 0) is 127 Å². The first-order valence-corrected chi connectivity index (χ1v) is 22.4. The molecule has 15 heteroatoms. The van der Waals surface area contributed by atoms with Gasteiger partial charge >= 0.3 is 0 Å². The van der Waals surface area contributed by atoms with Crippen molar-refractivity contribution in [2.75, 3.05) is 79.0 Å². The molecule has 1 aliphatic heterocycles. The number of allylic oxidation sites excluding steroid dienone is 1. The summed E-state index contributed by atoms with van der Waals surface area (Å²) in [5.41, 5.74) is 24.7. The van der Waals surface area contributed by atoms with Gasteiger partial charge in [-0.3, -0.25) is 0 Å². The Morgan fingerprint density at radius 1 is 0.422 bits per heavy atom. The number of hydrogen-bond donors (Lipinski definition) is 6. The maximum atomic E-state index is 7.60. The van der Waals surface area contributed by atoms with Crippen molar-refractivity contribution in [1.82, 2.24) is 0 Å². The number of hydrogen-bond acceptors (Lipinski definition) is 15. The smallest absolute Gasteiger partial charge is 0.237 e. The fourth-order valence-electron chi connectivity index (χ4n) is 7.22. The van der Waals surface area contributed by atoms with Gasteiger partial charge in [-0.2, -0.15) is 0 Å². The second-order valence-corrected chi connectivity index (χ2v) is 14.2. The Labute approximate surface area is 379 Å². The van der Waals surface area contributed by atoms with Gasteiger partial charge in [-0.1, -0.05) is 36.4 Å². The molecule has 0 aromatic heterocycles. The van der Waals surface area contributed by atoms with E-state index >= 15 is 0 Å². The molecule has 64 heavy (non-hydrogen) atoms. The lowest BCUT2D eigenvalue weighted by Crippen LogP contribution is -2.46. The lowest BCUT2D eigenvalue weighted by molar-refractivity contribution is -0.117. The second kappa shape index (κ2) is 25.9. The van der Waals surface area contributed by atoms with E-state index in [1.54, 1.807) is 0 Å². The largest absolute Gasteiger partial charge is 0.397 e. The summed E-state index contributed by atoms with van der Waals surface area (Å²) in [6.07, 6.45) is -3.10. The average Bonchev–Trinajstić information content (AvgIpc) is 3.29. The van der Waals surface area contributed by atoms with E-state index < -0.39 is 31.8 Å². The van der Waals surface area contributed by atoms with Crippen molar-refractivity contribution in [1.29, 1.82) is 0 Å². The Morgan fingerprint density at radius 2 is 0.703 bits per heavy atom. The van der Waals surface area contributed by atoms with Gasteiger partial charge < -0.3 is 75.5 Å². The zero-order chi connectivity index (χ0) is 45.8. The molecule has 0 saturated heterocycles. The van der Waals surface area contributed by atoms with Crippen molar-refractivity contribution in [3.63, 3.8) is 0 Å². The summed E-state index contributed by atoms with van der Waals surface area (Å²) in [5, 5.41) is 13.3. The van der Waals surface area contributed by atoms with Gasteiger partial charge in [0.15, 0.2) is 0 Å². The Hall–Kier alpha value is -5.20. The van der Waals surface area contributed by atoms with Gasteiger partial charge in [0.1, 0.15) is 6.17 Å². The number of ether oxygens (including phenoxy) is 8. The number of nitrogens with two attached hydrogens (primary N) is 2. The second-order valence-electron chi connectivity index (χ2n) is 14.2. The Morgan fingerprint density at radius 3 is 1.02 bits per heavy atom. The molecular formula is C49H69N7O8. The summed E-state index contributed by atoms with van der Waals surface area (Å²) in [5.74, 6) is 0. The molecule has 4 aromatic carbocycles. The number of nitrogens with one attached hydrogen (secondary N) is 4. The number of rotatable bonds is 28. The summed E-state index contributed by atoms with van der Waals surface area (Å²) in [6.45, 7) is 19.4. The highest BCUT2D eigenvalue weighted by Gasteiger charge is 2.35. The van der Waals surface area contributed by atoms with E-state index in [2.05, 4.69) is 26.2 Å². The molecule has 1 aliphatic rings. The molecule has 15 nitrogen and oxygen atoms in total. The fraction of sp³-hybridized carbons (Fsp3) is 0.429. The van der Waals surface area contributed by atoms with Gasteiger partial charge in [0.2, 0.25) is 25.7 Å². The van der Waals surface area contributed by atoms with E-state index in [1.165, 1.54) is 0 Å². The van der Waals surface area contributed by atoms with Crippen molar-refractivity contribution < 1.29 is 37.9 Å². The number of anilines is 5. The molecule has 8 N–H and O–H groups in total. The van der Waals surface area contributed by atoms with Crippen molar-refractivity contribution in [3.8, 4) is 0 Å². The number of nitrogens with zero attached hydrogens (tertiary/aromatic N) is 1. The van der Waals surface area contributed by atoms with Crippen LogP contribution in [0.1, 0.15) is 72.1 Å². The van der Waals surface area contributed by atoms with Crippen LogP contribution in [0.5, 0.6) is 0 Å². The summed E-state index contributed by atoms with van der Waals surface area (Å²) in [4.78, 5) is 2.09. The van der Waals surface area contributed by atoms with Crippen LogP contribution >= 0.6 is 0 Å². The first-order chi connectivity index (χ1) is 31.2. The van der Waals surface area contributed by atoms with Crippen LogP contribution in [0.15, 0.2) is 103 Å². The standard InChI is InChI=1S/C49H69N7O8/c1-9-57-46(58-10-2)52-36-23-17-33(18-24-36)41-42(34-19-25-37(26-20-34)53-47(59-11-3)60-12-4)45(51)56(40-31-29-39(30-32-40)55-49(63-15-7)64-16-8)44(43(41)50)35-21-27-38(28-22-35)54-48(61-13-5)62-14-6/h17-32,45-49,52-55H,9-16,50-51H2,1-8H3. The topological polar surface area (TPSA) is 177 Å². The highest BCUT2D eigenvalue weighted by molar-refractivity contribution is 6.09. The third-order valence-electron chi connectivity index (χ3n) is 9.96. The molecule has 0 bridgehead atoms. The minimum atomic E-state index is -0.717. The van der Waals surface area contributed by atoms with Crippen LogP contribution in [0.2, 0.25) is 0 Å². The third-order valence-corrected chi connectivity index (χ3v) is 9.96. The van der Waals surface area contributed by atoms with Crippen LogP contribution in [0.3, 0.4) is 0 Å². The van der Waals surface area contributed by atoms with Crippen molar-refractivity contribution in [3.05, 3.63) is 119 Å². The molecule has 0 radical (unpaired) electrons. The zero-order valence-corrected chi connectivity index (χ0v) is 38.6. The van der Waals surface area contributed by atoms with Gasteiger partial charge in [0.25, 0.3) is 0 Å². The van der Waals surface area contributed by atoms with Crippen LogP contribution < -0.4 is 37.6 Å². The van der Waals surface area contributed by atoms with Gasteiger partial charge in [0.05, 0.1) is 11.4 Å². The summed E-state index contributed by atoms with van der Waals surface area (Å²) in [7, 11) is 0. The first-order valence-electron chi connectivity index (χ1n) is 22.4. The molecule has 348 valence electrons. The predicted octanol–water partition coefficient (Wildman–Crippen LogP) is 8.80. The SMILES string of the molecule is CCOC(Nc1ccc(C2=C(c3ccc(NC(OCC)OCC)cc3)C(N)N(c3ccc(NC(OCC)OCC)cc3)C(c3ccc(NC(OCC)OCC)cc3)=C2N)cc1)OCC. The van der Waals surface area contributed by atoms with E-state index in [0.29, 0.717) is 58.6 Å². The first kappa shape index (κ1) is 49.8. The quantitative estimate of drug-likeness (QED) is 0.0298. The van der Waals surface area contributed by atoms with Gasteiger partial charge in [0, 0.05) is 98.0 Å². The minimum absolute atomic E-state index is 0.493. The molecule has 1 atom stereocenters. The molecule has 5 rings (SSSR count). The third kappa shape index (κ3) is 13.4. The molecule has 0 spiro atoms. The molecule has 0 aliphatic carbocycles. The van der Waals surface area contributed by atoms with Crippen LogP contribution in [0, 0.1) is 0 Å². The summed E-state index contributed by atoms with van der Waals surface area (Å²) < 4.78 is 46.2. The van der Waals surface area contributed by atoms with E-state index in [-0.39, 0.29) is 0 Å². The highest BCUT2D eigenvalue weighted by Crippen LogP contribution is 2.45. The minimum Gasteiger partial charge on any atom is -0.397 e. The van der Waals surface area contributed by atoms with Gasteiger partial charge in [-0.25, -0.2) is 0 Å². The van der Waals surface area contributed by atoms with Crippen LogP contribution in [0.4, 0.5) is 28.4 Å². The monoisotopic (exact) mass is 884 g/mol. The molecular weight excluding hydrogens is 815 g/mol. The Kier molecular flexibility index (Phi) is 20.2. The lowest BCUT2D eigenvalue weighted by Gasteiger charge is -2.41. The van der Waals surface area contributed by atoms with Crippen molar-refractivity contribution >= 4 is 45.3 Å². The van der Waals surface area contributed by atoms with Crippen LogP contribution in [-0.4, -0.2) is 84.7 Å². The maximum Gasteiger partial charge on any atom is 0.237 e. The Balaban J connectivity index is 1.68. The fourth-order valence-corrected chi connectivity index (χ4v) is 7.22. The van der Waals surface area contributed by atoms with E-state index in [4.69, 9.17) is 49.4 Å². The average molecular weight is 884 g/mol. The van der Waals surface area contributed by atoms with Crippen LogP contribution in [-0.2, 0) is 37.9 Å². The van der Waals surface area contributed by atoms with Gasteiger partial charge in [-0.15, -0.1) is 0 Å². The van der Waals surface area contributed by atoms with Crippen LogP contribution in [0.25, 0.3) is 16.8 Å². The number of benzene rings is 4.